The van der Waals surface area contributed by atoms with Gasteiger partial charge in [-0.25, -0.2) is 0 Å². The summed E-state index contributed by atoms with van der Waals surface area (Å²) < 4.78 is 5.06. The summed E-state index contributed by atoms with van der Waals surface area (Å²) in [6.07, 6.45) is 0. The molecular weight excluding hydrogens is 308 g/mol. The Bertz CT molecular complexity index is 687. The SMILES string of the molecule is COc1ccc(NC(=O)c2ccc(C(N)=S)cc2)cc1Cl. The van der Waals surface area contributed by atoms with Gasteiger partial charge in [-0.15, -0.1) is 0 Å². The summed E-state index contributed by atoms with van der Waals surface area (Å²) in [5.41, 5.74) is 7.32. The van der Waals surface area contributed by atoms with E-state index >= 15 is 0 Å². The third-order valence-electron chi connectivity index (χ3n) is 2.84. The molecule has 0 aliphatic rings. The first-order valence-electron chi connectivity index (χ1n) is 6.06. The minimum absolute atomic E-state index is 0.245. The molecule has 2 aromatic carbocycles. The van der Waals surface area contributed by atoms with Crippen LogP contribution in [-0.2, 0) is 0 Å². The molecule has 0 aliphatic carbocycles. The highest BCUT2D eigenvalue weighted by molar-refractivity contribution is 7.80. The van der Waals surface area contributed by atoms with Crippen LogP contribution in [0.1, 0.15) is 15.9 Å². The lowest BCUT2D eigenvalue weighted by Crippen LogP contribution is -2.13. The molecule has 0 radical (unpaired) electrons. The molecule has 0 saturated carbocycles. The third-order valence-corrected chi connectivity index (χ3v) is 3.37. The van der Waals surface area contributed by atoms with E-state index in [0.29, 0.717) is 32.6 Å². The molecule has 0 atom stereocenters. The molecule has 0 unspecified atom stereocenters. The number of nitrogens with one attached hydrogen (secondary N) is 1. The van der Waals surface area contributed by atoms with Crippen molar-refractivity contribution in [2.75, 3.05) is 12.4 Å². The number of thiocarbonyl (C=S) groups is 1. The lowest BCUT2D eigenvalue weighted by molar-refractivity contribution is 0.102. The van der Waals surface area contributed by atoms with Crippen molar-refractivity contribution >= 4 is 40.4 Å². The van der Waals surface area contributed by atoms with Crippen LogP contribution >= 0.6 is 23.8 Å². The highest BCUT2D eigenvalue weighted by Gasteiger charge is 2.08. The second-order valence-electron chi connectivity index (χ2n) is 4.25. The van der Waals surface area contributed by atoms with E-state index in [1.807, 2.05) is 0 Å². The lowest BCUT2D eigenvalue weighted by atomic mass is 10.1. The third kappa shape index (κ3) is 3.71. The van der Waals surface area contributed by atoms with Gasteiger partial charge in [0.05, 0.1) is 12.1 Å². The smallest absolute Gasteiger partial charge is 0.255 e. The van der Waals surface area contributed by atoms with Gasteiger partial charge in [0.1, 0.15) is 10.7 Å². The molecule has 0 fully saturated rings. The fourth-order valence-electron chi connectivity index (χ4n) is 1.73. The Morgan fingerprint density at radius 2 is 1.81 bits per heavy atom. The van der Waals surface area contributed by atoms with E-state index in [9.17, 15) is 4.79 Å². The van der Waals surface area contributed by atoms with Crippen molar-refractivity contribution < 1.29 is 9.53 Å². The summed E-state index contributed by atoms with van der Waals surface area (Å²) in [7, 11) is 1.53. The van der Waals surface area contributed by atoms with Crippen LogP contribution in [-0.4, -0.2) is 18.0 Å². The van der Waals surface area contributed by atoms with Gasteiger partial charge in [-0.2, -0.15) is 0 Å². The molecule has 1 amide bonds. The van der Waals surface area contributed by atoms with Crippen molar-refractivity contribution in [2.24, 2.45) is 5.73 Å². The van der Waals surface area contributed by atoms with Gasteiger partial charge in [0.2, 0.25) is 0 Å². The fourth-order valence-corrected chi connectivity index (χ4v) is 2.13. The van der Waals surface area contributed by atoms with E-state index in [0.717, 1.165) is 0 Å². The maximum Gasteiger partial charge on any atom is 0.255 e. The second kappa shape index (κ2) is 6.56. The molecular formula is C15H13ClN2O2S. The van der Waals surface area contributed by atoms with Gasteiger partial charge >= 0.3 is 0 Å². The Labute approximate surface area is 132 Å². The number of rotatable bonds is 4. The van der Waals surface area contributed by atoms with E-state index in [1.165, 1.54) is 7.11 Å². The van der Waals surface area contributed by atoms with Gasteiger partial charge in [-0.1, -0.05) is 36.0 Å². The minimum Gasteiger partial charge on any atom is -0.495 e. The van der Waals surface area contributed by atoms with Crippen LogP contribution in [0, 0.1) is 0 Å². The minimum atomic E-state index is -0.245. The van der Waals surface area contributed by atoms with Crippen molar-refractivity contribution in [3.63, 3.8) is 0 Å². The van der Waals surface area contributed by atoms with Gasteiger partial charge in [-0.05, 0) is 30.3 Å². The normalized spacial score (nSPS) is 10.0. The van der Waals surface area contributed by atoms with Crippen molar-refractivity contribution in [1.82, 2.24) is 0 Å². The summed E-state index contributed by atoms with van der Waals surface area (Å²) in [6.45, 7) is 0. The molecule has 0 aromatic heterocycles. The first kappa shape index (κ1) is 15.3. The van der Waals surface area contributed by atoms with Crippen LogP contribution in [0.2, 0.25) is 5.02 Å². The zero-order chi connectivity index (χ0) is 15.4. The van der Waals surface area contributed by atoms with Gasteiger partial charge in [0, 0.05) is 16.8 Å². The summed E-state index contributed by atoms with van der Waals surface area (Å²) in [5.74, 6) is 0.307. The Hall–Kier alpha value is -2.11. The van der Waals surface area contributed by atoms with E-state index < -0.39 is 0 Å². The Morgan fingerprint density at radius 3 is 2.33 bits per heavy atom. The number of hydrogen-bond donors (Lipinski definition) is 2. The lowest BCUT2D eigenvalue weighted by Gasteiger charge is -2.08. The highest BCUT2D eigenvalue weighted by atomic mass is 35.5. The number of amides is 1. The molecule has 0 spiro atoms. The Balaban J connectivity index is 2.14. The molecule has 2 rings (SSSR count). The summed E-state index contributed by atoms with van der Waals surface area (Å²) in [4.78, 5) is 12.4. The Morgan fingerprint density at radius 1 is 1.19 bits per heavy atom. The molecule has 0 saturated heterocycles. The number of halogens is 1. The van der Waals surface area contributed by atoms with E-state index in [2.05, 4.69) is 5.32 Å². The van der Waals surface area contributed by atoms with Gasteiger partial charge in [0.25, 0.3) is 5.91 Å². The topological polar surface area (TPSA) is 64.3 Å². The van der Waals surface area contributed by atoms with Crippen LogP contribution in [0.25, 0.3) is 0 Å². The number of ether oxygens (including phenoxy) is 1. The molecule has 0 aliphatic heterocycles. The number of carbonyl (C=O) groups excluding carboxylic acids is 1. The van der Waals surface area contributed by atoms with Gasteiger partial charge in [-0.3, -0.25) is 4.79 Å². The summed E-state index contributed by atoms with van der Waals surface area (Å²) in [5, 5.41) is 3.19. The second-order valence-corrected chi connectivity index (χ2v) is 5.09. The molecule has 0 bridgehead atoms. The number of methoxy groups -OCH3 is 1. The highest BCUT2D eigenvalue weighted by Crippen LogP contribution is 2.27. The summed E-state index contributed by atoms with van der Waals surface area (Å²) in [6, 6.07) is 11.8. The monoisotopic (exact) mass is 320 g/mol. The molecule has 3 N–H and O–H groups in total. The number of carbonyl (C=O) groups is 1. The molecule has 4 nitrogen and oxygen atoms in total. The van der Waals surface area contributed by atoms with Crippen molar-refractivity contribution in [3.05, 3.63) is 58.6 Å². The van der Waals surface area contributed by atoms with Crippen LogP contribution in [0.4, 0.5) is 5.69 Å². The number of nitrogens with two attached hydrogens (primary N) is 1. The zero-order valence-electron chi connectivity index (χ0n) is 11.2. The molecule has 6 heteroatoms. The summed E-state index contributed by atoms with van der Waals surface area (Å²) >= 11 is 10.9. The number of hydrogen-bond acceptors (Lipinski definition) is 3. The van der Waals surface area contributed by atoms with Crippen LogP contribution in [0.5, 0.6) is 5.75 Å². The van der Waals surface area contributed by atoms with Crippen molar-refractivity contribution in [3.8, 4) is 5.75 Å². The number of benzene rings is 2. The maximum absolute atomic E-state index is 12.1. The van der Waals surface area contributed by atoms with Crippen LogP contribution in [0.3, 0.4) is 0 Å². The first-order chi connectivity index (χ1) is 10.0. The van der Waals surface area contributed by atoms with Gasteiger partial charge < -0.3 is 15.8 Å². The molecule has 2 aromatic rings. The molecule has 0 heterocycles. The predicted molar refractivity (Wildman–Crippen MR) is 88.3 cm³/mol. The average Bonchev–Trinajstić information content (AvgIpc) is 2.47. The van der Waals surface area contributed by atoms with E-state index in [1.54, 1.807) is 42.5 Å². The average molecular weight is 321 g/mol. The van der Waals surface area contributed by atoms with Gasteiger partial charge in [0.15, 0.2) is 0 Å². The quantitative estimate of drug-likeness (QED) is 0.849. The van der Waals surface area contributed by atoms with Crippen LogP contribution in [0.15, 0.2) is 42.5 Å². The molecule has 21 heavy (non-hydrogen) atoms. The zero-order valence-corrected chi connectivity index (χ0v) is 12.8. The maximum atomic E-state index is 12.1. The van der Waals surface area contributed by atoms with E-state index in [-0.39, 0.29) is 5.91 Å². The largest absolute Gasteiger partial charge is 0.495 e. The first-order valence-corrected chi connectivity index (χ1v) is 6.84. The molecule has 108 valence electrons. The fraction of sp³-hybridized carbons (Fsp3) is 0.0667. The number of anilines is 1. The Kier molecular flexibility index (Phi) is 4.77. The van der Waals surface area contributed by atoms with E-state index in [4.69, 9.17) is 34.3 Å². The standard InChI is InChI=1S/C15H13ClN2O2S/c1-20-13-7-6-11(8-12(13)16)18-15(19)10-4-2-9(3-5-10)14(17)21/h2-8H,1H3,(H2,17,21)(H,18,19). The van der Waals surface area contributed by atoms with Crippen molar-refractivity contribution in [2.45, 2.75) is 0 Å². The predicted octanol–water partition coefficient (Wildman–Crippen LogP) is 3.24. The van der Waals surface area contributed by atoms with Crippen molar-refractivity contribution in [1.29, 1.82) is 0 Å². The van der Waals surface area contributed by atoms with Crippen LogP contribution < -0.4 is 15.8 Å².